The average molecular weight is 373 g/mol. The highest BCUT2D eigenvalue weighted by Crippen LogP contribution is 2.25. The maximum atomic E-state index is 12.8. The molecule has 1 aromatic carbocycles. The van der Waals surface area contributed by atoms with Gasteiger partial charge in [0.2, 0.25) is 0 Å². The number of para-hydroxylation sites is 1. The fraction of sp³-hybridized carbons (Fsp3) is 0.562. The molecule has 1 aliphatic heterocycles. The van der Waals surface area contributed by atoms with Gasteiger partial charge in [-0.1, -0.05) is 18.2 Å². The summed E-state index contributed by atoms with van der Waals surface area (Å²) in [6, 6.07) is 4.91. The van der Waals surface area contributed by atoms with Crippen LogP contribution in [0.2, 0.25) is 0 Å². The summed E-state index contributed by atoms with van der Waals surface area (Å²) in [5.74, 6) is 0.516. The van der Waals surface area contributed by atoms with Gasteiger partial charge in [0.1, 0.15) is 6.04 Å². The summed E-state index contributed by atoms with van der Waals surface area (Å²) in [6.07, 6.45) is -4.24. The Balaban J connectivity index is 1.94. The van der Waals surface area contributed by atoms with Crippen LogP contribution in [-0.2, 0) is 6.54 Å². The Morgan fingerprint density at radius 3 is 2.46 bits per heavy atom. The van der Waals surface area contributed by atoms with E-state index in [1.54, 1.807) is 25.2 Å². The molecule has 1 aromatic rings. The molecule has 0 aliphatic carbocycles. The molecule has 1 saturated heterocycles. The summed E-state index contributed by atoms with van der Waals surface area (Å²) < 4.78 is 38.5. The number of aliphatic imine (C=N–C) groups is 1. The predicted octanol–water partition coefficient (Wildman–Crippen LogP) is 2.24. The van der Waals surface area contributed by atoms with E-state index in [-0.39, 0.29) is 25.3 Å². The van der Waals surface area contributed by atoms with Gasteiger partial charge < -0.3 is 10.2 Å². The van der Waals surface area contributed by atoms with Crippen LogP contribution in [0.15, 0.2) is 29.3 Å². The zero-order valence-electron chi connectivity index (χ0n) is 14.7. The minimum Gasteiger partial charge on any atom is -0.352 e. The molecule has 1 atom stereocenters. The maximum absolute atomic E-state index is 12.8. The van der Waals surface area contributed by atoms with Crippen LogP contribution in [-0.4, -0.2) is 66.1 Å². The van der Waals surface area contributed by atoms with Crippen LogP contribution in [0.5, 0.6) is 0 Å². The van der Waals surface area contributed by atoms with E-state index in [1.165, 1.54) is 11.0 Å². The first kappa shape index (κ1) is 20.0. The van der Waals surface area contributed by atoms with E-state index >= 15 is 0 Å². The molecule has 10 heteroatoms. The Morgan fingerprint density at radius 1 is 1.31 bits per heavy atom. The van der Waals surface area contributed by atoms with E-state index in [0.29, 0.717) is 24.6 Å². The van der Waals surface area contributed by atoms with Gasteiger partial charge in [-0.15, -0.1) is 0 Å². The highest BCUT2D eigenvalue weighted by atomic mass is 19.4. The lowest BCUT2D eigenvalue weighted by Crippen LogP contribution is -2.56. The Kier molecular flexibility index (Phi) is 6.41. The standard InChI is InChI=1S/C16H22F3N5O2/c1-12(16(17,18)19)22-7-9-23(10-8-22)15(20-2)21-11-13-5-3-4-6-14(13)24(25)26/h3-6,12H,7-11H2,1-2H3,(H,20,21). The monoisotopic (exact) mass is 373 g/mol. The van der Waals surface area contributed by atoms with Crippen molar-refractivity contribution in [3.05, 3.63) is 39.9 Å². The van der Waals surface area contributed by atoms with Gasteiger partial charge in [-0.25, -0.2) is 0 Å². The van der Waals surface area contributed by atoms with Gasteiger partial charge >= 0.3 is 6.18 Å². The van der Waals surface area contributed by atoms with Crippen molar-refractivity contribution in [2.45, 2.75) is 25.7 Å². The van der Waals surface area contributed by atoms with E-state index in [9.17, 15) is 23.3 Å². The summed E-state index contributed by atoms with van der Waals surface area (Å²) in [5, 5.41) is 14.1. The number of nitro groups is 1. The number of nitro benzene ring substituents is 1. The third-order valence-electron chi connectivity index (χ3n) is 4.47. The molecule has 7 nitrogen and oxygen atoms in total. The van der Waals surface area contributed by atoms with Crippen molar-refractivity contribution in [1.82, 2.24) is 15.1 Å². The number of halogens is 3. The molecule has 26 heavy (non-hydrogen) atoms. The number of benzene rings is 1. The normalized spacial score (nSPS) is 17.9. The van der Waals surface area contributed by atoms with E-state index in [1.807, 2.05) is 4.90 Å². The minimum absolute atomic E-state index is 0.0132. The largest absolute Gasteiger partial charge is 0.403 e. The first-order valence-electron chi connectivity index (χ1n) is 8.22. The number of nitrogens with zero attached hydrogens (tertiary/aromatic N) is 4. The molecule has 1 heterocycles. The summed E-state index contributed by atoms with van der Waals surface area (Å²) in [7, 11) is 1.58. The summed E-state index contributed by atoms with van der Waals surface area (Å²) in [5.41, 5.74) is 0.530. The van der Waals surface area contributed by atoms with Crippen LogP contribution >= 0.6 is 0 Å². The van der Waals surface area contributed by atoms with Crippen LogP contribution in [0, 0.1) is 10.1 Å². The number of hydrogen-bond acceptors (Lipinski definition) is 4. The highest BCUT2D eigenvalue weighted by Gasteiger charge is 2.41. The van der Waals surface area contributed by atoms with Crippen molar-refractivity contribution in [2.24, 2.45) is 4.99 Å². The zero-order valence-corrected chi connectivity index (χ0v) is 14.7. The van der Waals surface area contributed by atoms with Crippen LogP contribution < -0.4 is 5.32 Å². The van der Waals surface area contributed by atoms with Gasteiger partial charge in [-0.05, 0) is 6.92 Å². The van der Waals surface area contributed by atoms with E-state index in [0.717, 1.165) is 6.92 Å². The van der Waals surface area contributed by atoms with Gasteiger partial charge in [0.15, 0.2) is 5.96 Å². The third-order valence-corrected chi connectivity index (χ3v) is 4.47. The summed E-state index contributed by atoms with van der Waals surface area (Å²) in [6.45, 7) is 2.72. The molecule has 1 N–H and O–H groups in total. The molecule has 2 rings (SSSR count). The molecular formula is C16H22F3N5O2. The number of hydrogen-bond donors (Lipinski definition) is 1. The lowest BCUT2D eigenvalue weighted by Gasteiger charge is -2.39. The Bertz CT molecular complexity index is 658. The molecule has 0 saturated carbocycles. The van der Waals surface area contributed by atoms with Crippen LogP contribution in [0.25, 0.3) is 0 Å². The topological polar surface area (TPSA) is 74.0 Å². The molecular weight excluding hydrogens is 351 g/mol. The smallest absolute Gasteiger partial charge is 0.352 e. The van der Waals surface area contributed by atoms with Gasteiger partial charge in [0.25, 0.3) is 5.69 Å². The second-order valence-corrected chi connectivity index (χ2v) is 6.03. The molecule has 0 amide bonds. The SMILES string of the molecule is CN=C(NCc1ccccc1[N+](=O)[O-])N1CCN(C(C)C(F)(F)F)CC1. The molecule has 1 unspecified atom stereocenters. The van der Waals surface area contributed by atoms with Crippen molar-refractivity contribution < 1.29 is 18.1 Å². The maximum Gasteiger partial charge on any atom is 0.403 e. The van der Waals surface area contributed by atoms with Crippen molar-refractivity contribution in [2.75, 3.05) is 33.2 Å². The number of nitrogens with one attached hydrogen (secondary N) is 1. The number of alkyl halides is 3. The second kappa shape index (κ2) is 8.35. The third kappa shape index (κ3) is 4.84. The Morgan fingerprint density at radius 2 is 1.92 bits per heavy atom. The molecule has 0 radical (unpaired) electrons. The molecule has 144 valence electrons. The molecule has 0 spiro atoms. The quantitative estimate of drug-likeness (QED) is 0.379. The van der Waals surface area contributed by atoms with Gasteiger partial charge in [0.05, 0.1) is 4.92 Å². The Hall–Kier alpha value is -2.36. The van der Waals surface area contributed by atoms with Crippen LogP contribution in [0.1, 0.15) is 12.5 Å². The average Bonchev–Trinajstić information content (AvgIpc) is 2.61. The minimum atomic E-state index is -4.24. The van der Waals surface area contributed by atoms with Crippen molar-refractivity contribution in [1.29, 1.82) is 0 Å². The lowest BCUT2D eigenvalue weighted by molar-refractivity contribution is -0.385. The molecule has 1 fully saturated rings. The summed E-state index contributed by atoms with van der Waals surface area (Å²) in [4.78, 5) is 18.0. The predicted molar refractivity (Wildman–Crippen MR) is 92.0 cm³/mol. The fourth-order valence-electron chi connectivity index (χ4n) is 2.87. The van der Waals surface area contributed by atoms with Crippen molar-refractivity contribution in [3.63, 3.8) is 0 Å². The number of guanidine groups is 1. The number of piperazine rings is 1. The molecule has 1 aliphatic rings. The first-order valence-corrected chi connectivity index (χ1v) is 8.22. The lowest BCUT2D eigenvalue weighted by atomic mass is 10.2. The van der Waals surface area contributed by atoms with Gasteiger partial charge in [-0.3, -0.25) is 20.0 Å². The van der Waals surface area contributed by atoms with Gasteiger partial charge in [-0.2, -0.15) is 13.2 Å². The van der Waals surface area contributed by atoms with E-state index < -0.39 is 17.1 Å². The van der Waals surface area contributed by atoms with Crippen LogP contribution in [0.4, 0.5) is 18.9 Å². The number of rotatable bonds is 4. The summed E-state index contributed by atoms with van der Waals surface area (Å²) >= 11 is 0. The highest BCUT2D eigenvalue weighted by molar-refractivity contribution is 5.80. The van der Waals surface area contributed by atoms with E-state index in [4.69, 9.17) is 0 Å². The molecule has 0 aromatic heterocycles. The second-order valence-electron chi connectivity index (χ2n) is 6.03. The van der Waals surface area contributed by atoms with Crippen LogP contribution in [0.3, 0.4) is 0 Å². The molecule has 0 bridgehead atoms. The fourth-order valence-corrected chi connectivity index (χ4v) is 2.87. The zero-order chi connectivity index (χ0) is 19.3. The van der Waals surface area contributed by atoms with E-state index in [2.05, 4.69) is 10.3 Å². The first-order chi connectivity index (χ1) is 12.2. The van der Waals surface area contributed by atoms with Gasteiger partial charge in [0, 0.05) is 51.4 Å². The van der Waals surface area contributed by atoms with Crippen molar-refractivity contribution >= 4 is 11.6 Å². The Labute approximate surface area is 149 Å². The van der Waals surface area contributed by atoms with Crippen molar-refractivity contribution in [3.8, 4) is 0 Å².